The molecule has 10 heavy (non-hydrogen) atoms. The van der Waals surface area contributed by atoms with Crippen molar-refractivity contribution in [3.63, 3.8) is 0 Å². The van der Waals surface area contributed by atoms with Crippen LogP contribution in [0, 0.1) is 12.3 Å². The summed E-state index contributed by atoms with van der Waals surface area (Å²) in [6.45, 7) is 12.6. The molecule has 0 aromatic rings. The fraction of sp³-hybridized carbons (Fsp3) is 0.429. The van der Waals surface area contributed by atoms with Crippen LogP contribution in [0.1, 0.15) is 13.8 Å². The van der Waals surface area contributed by atoms with Crippen LogP contribution in [0.25, 0.3) is 0 Å². The summed E-state index contributed by atoms with van der Waals surface area (Å²) in [5.74, 6) is 0.481. The van der Waals surface area contributed by atoms with Crippen LogP contribution in [-0.2, 0) is 53.8 Å². The molecule has 53 valence electrons. The Hall–Kier alpha value is 1.07. The van der Waals surface area contributed by atoms with Gasteiger partial charge in [0.25, 0.3) is 0 Å². The third-order valence-electron chi connectivity index (χ3n) is 0.692. The van der Waals surface area contributed by atoms with E-state index in [1.807, 2.05) is 6.42 Å². The van der Waals surface area contributed by atoms with Crippen LogP contribution in [0.4, 0.5) is 0 Å². The Morgan fingerprint density at radius 1 is 1.60 bits per heavy atom. The molecule has 0 unspecified atom stereocenters. The zero-order chi connectivity index (χ0) is 6.57. The molecular formula is C7H11NWY. The average Bonchev–Trinajstić information content (AvgIpc) is 1.65. The van der Waals surface area contributed by atoms with Crippen molar-refractivity contribution in [1.82, 2.24) is 0 Å². The Balaban J connectivity index is -0.000000245. The SMILES string of the molecule is [CH-]=NC(=C)[CH-]C(C)C.[W+2].[Y]. The van der Waals surface area contributed by atoms with Gasteiger partial charge in [-0.2, -0.15) is 6.72 Å². The second-order valence-electron chi connectivity index (χ2n) is 2.03. The van der Waals surface area contributed by atoms with E-state index in [1.54, 1.807) is 0 Å². The fourth-order valence-corrected chi connectivity index (χ4v) is 0.428. The first-order chi connectivity index (χ1) is 3.66. The monoisotopic (exact) mass is 382 g/mol. The number of rotatable bonds is 3. The second kappa shape index (κ2) is 10.1. The van der Waals surface area contributed by atoms with Crippen molar-refractivity contribution >= 4 is 6.72 Å². The van der Waals surface area contributed by atoms with Gasteiger partial charge >= 0.3 is 21.1 Å². The summed E-state index contributed by atoms with van der Waals surface area (Å²) in [5.41, 5.74) is 0.653. The summed E-state index contributed by atoms with van der Waals surface area (Å²) in [5, 5.41) is 0. The molecule has 0 amide bonds. The van der Waals surface area contributed by atoms with E-state index >= 15 is 0 Å². The number of hydrogen-bond acceptors (Lipinski definition) is 1. The predicted octanol–water partition coefficient (Wildman–Crippen LogP) is 1.93. The molecule has 1 radical (unpaired) electrons. The molecule has 0 fully saturated rings. The Morgan fingerprint density at radius 3 is 2.10 bits per heavy atom. The van der Waals surface area contributed by atoms with E-state index in [2.05, 4.69) is 25.4 Å². The van der Waals surface area contributed by atoms with Crippen molar-refractivity contribution in [2.45, 2.75) is 13.8 Å². The summed E-state index contributed by atoms with van der Waals surface area (Å²) in [4.78, 5) is 3.38. The van der Waals surface area contributed by atoms with Crippen LogP contribution < -0.4 is 0 Å². The molecule has 0 atom stereocenters. The van der Waals surface area contributed by atoms with Crippen LogP contribution in [-0.4, -0.2) is 6.72 Å². The molecule has 0 rings (SSSR count). The van der Waals surface area contributed by atoms with E-state index in [1.165, 1.54) is 0 Å². The van der Waals surface area contributed by atoms with Gasteiger partial charge in [-0.1, -0.05) is 13.8 Å². The molecule has 0 heterocycles. The Labute approximate surface area is 103 Å². The molecule has 0 bridgehead atoms. The molecule has 0 aliphatic heterocycles. The maximum absolute atomic E-state index is 4.91. The molecule has 0 N–H and O–H groups in total. The van der Waals surface area contributed by atoms with E-state index in [4.69, 9.17) is 6.72 Å². The van der Waals surface area contributed by atoms with Gasteiger partial charge in [-0.3, -0.25) is 12.1 Å². The molecule has 0 aromatic heterocycles. The molecule has 0 saturated carbocycles. The van der Waals surface area contributed by atoms with Crippen molar-refractivity contribution in [3.05, 3.63) is 18.7 Å². The third-order valence-corrected chi connectivity index (χ3v) is 0.692. The first kappa shape index (κ1) is 17.2. The van der Waals surface area contributed by atoms with Gasteiger partial charge in [-0.25, -0.2) is 0 Å². The summed E-state index contributed by atoms with van der Waals surface area (Å²) < 4.78 is 0. The van der Waals surface area contributed by atoms with Crippen molar-refractivity contribution in [2.75, 3.05) is 0 Å². The Bertz CT molecular complexity index is 102. The van der Waals surface area contributed by atoms with Gasteiger partial charge in [0.05, 0.1) is 0 Å². The summed E-state index contributed by atoms with van der Waals surface area (Å²) >= 11 is 0. The molecule has 0 spiro atoms. The van der Waals surface area contributed by atoms with Gasteiger partial charge in [0, 0.05) is 32.7 Å². The average molecular weight is 382 g/mol. The summed E-state index contributed by atoms with van der Waals surface area (Å²) in [6, 6.07) is 0. The van der Waals surface area contributed by atoms with Gasteiger partial charge in [0.2, 0.25) is 0 Å². The maximum Gasteiger partial charge on any atom is 2.00 e. The number of nitrogens with zero attached hydrogens (tertiary/aromatic N) is 1. The van der Waals surface area contributed by atoms with E-state index < -0.39 is 0 Å². The molecule has 1 nitrogen and oxygen atoms in total. The predicted molar refractivity (Wildman–Crippen MR) is 36.8 cm³/mol. The zero-order valence-corrected chi connectivity index (χ0v) is 12.1. The zero-order valence-electron chi connectivity index (χ0n) is 6.37. The van der Waals surface area contributed by atoms with E-state index in [-0.39, 0.29) is 53.8 Å². The summed E-state index contributed by atoms with van der Waals surface area (Å²) in [7, 11) is 0. The minimum atomic E-state index is 0. The second-order valence-corrected chi connectivity index (χ2v) is 2.03. The van der Waals surface area contributed by atoms with Gasteiger partial charge in [-0.05, 0) is 0 Å². The van der Waals surface area contributed by atoms with Crippen LogP contribution in [0.15, 0.2) is 17.3 Å². The summed E-state index contributed by atoms with van der Waals surface area (Å²) in [6.07, 6.45) is 1.90. The Kier molecular flexibility index (Phi) is 17.4. The van der Waals surface area contributed by atoms with Crippen LogP contribution in [0.3, 0.4) is 0 Å². The fourth-order valence-electron chi connectivity index (χ4n) is 0.428. The van der Waals surface area contributed by atoms with Crippen LogP contribution in [0.5, 0.6) is 0 Å². The molecule has 0 saturated heterocycles. The molecule has 0 aliphatic carbocycles. The van der Waals surface area contributed by atoms with Crippen molar-refractivity contribution in [3.8, 4) is 0 Å². The number of aliphatic imine (C=N–C) groups is 1. The number of hydrogen-bond donors (Lipinski definition) is 0. The van der Waals surface area contributed by atoms with E-state index in [0.29, 0.717) is 11.6 Å². The minimum absolute atomic E-state index is 0. The van der Waals surface area contributed by atoms with Crippen LogP contribution >= 0.6 is 0 Å². The van der Waals surface area contributed by atoms with Gasteiger partial charge in [0.15, 0.2) is 0 Å². The van der Waals surface area contributed by atoms with Gasteiger partial charge in [0.1, 0.15) is 0 Å². The van der Waals surface area contributed by atoms with Crippen molar-refractivity contribution in [2.24, 2.45) is 10.9 Å². The van der Waals surface area contributed by atoms with Crippen LogP contribution in [0.2, 0.25) is 0 Å². The number of allylic oxidation sites excluding steroid dienone is 1. The van der Waals surface area contributed by atoms with Crippen molar-refractivity contribution in [1.29, 1.82) is 0 Å². The van der Waals surface area contributed by atoms with Gasteiger partial charge in [-0.15, -0.1) is 5.92 Å². The molecule has 3 heteroatoms. The molecular weight excluding hydrogens is 371 g/mol. The first-order valence-corrected chi connectivity index (χ1v) is 2.61. The van der Waals surface area contributed by atoms with Gasteiger partial charge < -0.3 is 11.6 Å². The molecule has 0 aromatic carbocycles. The standard InChI is InChI=1S/C7H11N.W.Y/c1-6(2)5-7(3)8-4;;/h4-6H,3H2,1-2H3;;/q-2;+2;. The minimum Gasteiger partial charge on any atom is -0.497 e. The largest absolute Gasteiger partial charge is 2.00 e. The smallest absolute Gasteiger partial charge is 0.497 e. The van der Waals surface area contributed by atoms with E-state index in [9.17, 15) is 0 Å². The quantitative estimate of drug-likeness (QED) is 0.523. The molecule has 0 aliphatic rings. The van der Waals surface area contributed by atoms with Crippen molar-refractivity contribution < 1.29 is 53.8 Å². The first-order valence-electron chi connectivity index (χ1n) is 2.61. The normalized spacial score (nSPS) is 7.10. The Morgan fingerprint density at radius 2 is 2.00 bits per heavy atom. The third kappa shape index (κ3) is 11.8. The maximum atomic E-state index is 4.91. The van der Waals surface area contributed by atoms with E-state index in [0.717, 1.165) is 0 Å². The topological polar surface area (TPSA) is 12.4 Å².